The first-order valence-corrected chi connectivity index (χ1v) is 7.99. The Morgan fingerprint density at radius 3 is 2.65 bits per heavy atom. The molecule has 2 rings (SSSR count). The molecule has 1 saturated heterocycles. The Labute approximate surface area is 136 Å². The van der Waals surface area contributed by atoms with Crippen molar-refractivity contribution in [3.8, 4) is 0 Å². The second kappa shape index (κ2) is 9.09. The van der Waals surface area contributed by atoms with Crippen molar-refractivity contribution in [2.24, 2.45) is 0 Å². The number of aromatic nitrogens is 1. The van der Waals surface area contributed by atoms with E-state index in [9.17, 15) is 9.59 Å². The molecule has 2 amide bonds. The van der Waals surface area contributed by atoms with E-state index in [4.69, 9.17) is 4.74 Å². The first-order chi connectivity index (χ1) is 11.2. The summed E-state index contributed by atoms with van der Waals surface area (Å²) in [5.74, 6) is -0.0198. The number of rotatable bonds is 6. The third-order valence-corrected chi connectivity index (χ3v) is 3.75. The molecular formula is C16H24N4O3. The van der Waals surface area contributed by atoms with Gasteiger partial charge in [-0.25, -0.2) is 4.79 Å². The van der Waals surface area contributed by atoms with Crippen LogP contribution in [-0.2, 0) is 16.1 Å². The van der Waals surface area contributed by atoms with Crippen molar-refractivity contribution in [2.45, 2.75) is 32.4 Å². The number of nitrogens with zero attached hydrogens (tertiary/aromatic N) is 2. The van der Waals surface area contributed by atoms with Crippen LogP contribution in [-0.4, -0.2) is 54.2 Å². The molecule has 2 heterocycles. The van der Waals surface area contributed by atoms with Crippen molar-refractivity contribution >= 4 is 12.0 Å². The van der Waals surface area contributed by atoms with Crippen molar-refractivity contribution < 1.29 is 14.3 Å². The Bertz CT molecular complexity index is 501. The van der Waals surface area contributed by atoms with E-state index in [0.29, 0.717) is 26.2 Å². The van der Waals surface area contributed by atoms with Gasteiger partial charge in [0.05, 0.1) is 13.2 Å². The maximum absolute atomic E-state index is 11.9. The third kappa shape index (κ3) is 5.86. The number of carbonyl (C=O) groups is 2. The fraction of sp³-hybridized carbons (Fsp3) is 0.562. The first kappa shape index (κ1) is 17.2. The standard InChI is InChI=1S/C16H24N4O3/c1-2-23-16(22)20-9-5-14(6-10-20)19-15(21)12-18-11-13-3-7-17-8-4-13/h3-4,7-8,14,18H,2,5-6,9-12H2,1H3,(H,19,21). The van der Waals surface area contributed by atoms with Crippen molar-refractivity contribution in [3.63, 3.8) is 0 Å². The summed E-state index contributed by atoms with van der Waals surface area (Å²) in [5, 5.41) is 6.11. The van der Waals surface area contributed by atoms with Crippen LogP contribution in [0.25, 0.3) is 0 Å². The molecule has 0 aliphatic carbocycles. The Hall–Kier alpha value is -2.15. The predicted molar refractivity (Wildman–Crippen MR) is 85.7 cm³/mol. The van der Waals surface area contributed by atoms with Gasteiger partial charge in [0.15, 0.2) is 0 Å². The molecule has 2 N–H and O–H groups in total. The van der Waals surface area contributed by atoms with Gasteiger partial charge >= 0.3 is 6.09 Å². The van der Waals surface area contributed by atoms with Crippen LogP contribution < -0.4 is 10.6 Å². The Morgan fingerprint density at radius 1 is 1.30 bits per heavy atom. The summed E-state index contributed by atoms with van der Waals surface area (Å²) in [6.07, 6.45) is 4.71. The van der Waals surface area contributed by atoms with E-state index in [-0.39, 0.29) is 24.6 Å². The van der Waals surface area contributed by atoms with Crippen molar-refractivity contribution in [3.05, 3.63) is 30.1 Å². The molecule has 126 valence electrons. The number of ether oxygens (including phenoxy) is 1. The van der Waals surface area contributed by atoms with Crippen molar-refractivity contribution in [2.75, 3.05) is 26.2 Å². The molecule has 1 fully saturated rings. The van der Waals surface area contributed by atoms with E-state index in [1.807, 2.05) is 12.1 Å². The average Bonchev–Trinajstić information content (AvgIpc) is 2.57. The largest absolute Gasteiger partial charge is 0.450 e. The van der Waals surface area contributed by atoms with Crippen molar-refractivity contribution in [1.82, 2.24) is 20.5 Å². The Kier molecular flexibility index (Phi) is 6.80. The van der Waals surface area contributed by atoms with Crippen molar-refractivity contribution in [1.29, 1.82) is 0 Å². The van der Waals surface area contributed by atoms with E-state index in [1.54, 1.807) is 24.2 Å². The first-order valence-electron chi connectivity index (χ1n) is 7.99. The number of hydrogen-bond acceptors (Lipinski definition) is 5. The van der Waals surface area contributed by atoms with Gasteiger partial charge in [0.2, 0.25) is 5.91 Å². The Morgan fingerprint density at radius 2 is 2.00 bits per heavy atom. The van der Waals surface area contributed by atoms with Gasteiger partial charge in [-0.05, 0) is 37.5 Å². The zero-order chi connectivity index (χ0) is 16.5. The van der Waals surface area contributed by atoms with Crippen LogP contribution in [0, 0.1) is 0 Å². The SMILES string of the molecule is CCOC(=O)N1CCC(NC(=O)CNCc2ccncc2)CC1. The molecule has 0 aromatic carbocycles. The minimum Gasteiger partial charge on any atom is -0.450 e. The summed E-state index contributed by atoms with van der Waals surface area (Å²) in [7, 11) is 0. The van der Waals surface area contributed by atoms with Gasteiger partial charge in [0.1, 0.15) is 0 Å². The zero-order valence-electron chi connectivity index (χ0n) is 13.5. The average molecular weight is 320 g/mol. The smallest absolute Gasteiger partial charge is 0.409 e. The predicted octanol–water partition coefficient (Wildman–Crippen LogP) is 0.908. The molecule has 1 aliphatic heterocycles. The van der Waals surface area contributed by atoms with Crippen LogP contribution in [0.4, 0.5) is 4.79 Å². The van der Waals surface area contributed by atoms with E-state index >= 15 is 0 Å². The highest BCUT2D eigenvalue weighted by Crippen LogP contribution is 2.11. The number of amides is 2. The topological polar surface area (TPSA) is 83.6 Å². The van der Waals surface area contributed by atoms with E-state index in [2.05, 4.69) is 15.6 Å². The number of nitrogens with one attached hydrogen (secondary N) is 2. The lowest BCUT2D eigenvalue weighted by Gasteiger charge is -2.31. The maximum Gasteiger partial charge on any atom is 0.409 e. The van der Waals surface area contributed by atoms with E-state index < -0.39 is 0 Å². The second-order valence-electron chi connectivity index (χ2n) is 5.49. The lowest BCUT2D eigenvalue weighted by atomic mass is 10.1. The van der Waals surface area contributed by atoms with Gasteiger partial charge in [-0.15, -0.1) is 0 Å². The quantitative estimate of drug-likeness (QED) is 0.814. The van der Waals surface area contributed by atoms with Gasteiger partial charge in [-0.1, -0.05) is 0 Å². The minimum atomic E-state index is -0.267. The number of carbonyl (C=O) groups excluding carboxylic acids is 2. The molecule has 1 aliphatic rings. The highest BCUT2D eigenvalue weighted by molar-refractivity contribution is 5.78. The van der Waals surface area contributed by atoms with Gasteiger partial charge in [0, 0.05) is 38.1 Å². The summed E-state index contributed by atoms with van der Waals surface area (Å²) in [5.41, 5.74) is 1.09. The van der Waals surface area contributed by atoms with Gasteiger partial charge in [-0.3, -0.25) is 9.78 Å². The van der Waals surface area contributed by atoms with Gasteiger partial charge in [0.25, 0.3) is 0 Å². The van der Waals surface area contributed by atoms with Crippen LogP contribution in [0.3, 0.4) is 0 Å². The lowest BCUT2D eigenvalue weighted by Crippen LogP contribution is -2.48. The highest BCUT2D eigenvalue weighted by Gasteiger charge is 2.24. The third-order valence-electron chi connectivity index (χ3n) is 3.75. The van der Waals surface area contributed by atoms with Gasteiger partial charge in [-0.2, -0.15) is 0 Å². The fourth-order valence-electron chi connectivity index (χ4n) is 2.52. The molecule has 23 heavy (non-hydrogen) atoms. The molecule has 7 heteroatoms. The van der Waals surface area contributed by atoms with Crippen LogP contribution in [0.1, 0.15) is 25.3 Å². The molecule has 0 unspecified atom stereocenters. The Balaban J connectivity index is 1.62. The van der Waals surface area contributed by atoms with E-state index in [1.165, 1.54) is 0 Å². The number of likely N-dealkylation sites (tertiary alicyclic amines) is 1. The highest BCUT2D eigenvalue weighted by atomic mass is 16.6. The molecule has 0 radical (unpaired) electrons. The zero-order valence-corrected chi connectivity index (χ0v) is 13.5. The summed E-state index contributed by atoms with van der Waals surface area (Å²) in [6, 6.07) is 3.95. The molecular weight excluding hydrogens is 296 g/mol. The van der Waals surface area contributed by atoms with Gasteiger partial charge < -0.3 is 20.3 Å². The lowest BCUT2D eigenvalue weighted by molar-refractivity contribution is -0.121. The summed E-state index contributed by atoms with van der Waals surface area (Å²) < 4.78 is 4.98. The fourth-order valence-corrected chi connectivity index (χ4v) is 2.52. The monoisotopic (exact) mass is 320 g/mol. The molecule has 7 nitrogen and oxygen atoms in total. The second-order valence-corrected chi connectivity index (χ2v) is 5.49. The van der Waals surface area contributed by atoms with Crippen LogP contribution in [0.5, 0.6) is 0 Å². The minimum absolute atomic E-state index is 0.0198. The molecule has 0 spiro atoms. The normalized spacial score (nSPS) is 15.3. The van der Waals surface area contributed by atoms with Crippen LogP contribution in [0.2, 0.25) is 0 Å². The molecule has 0 saturated carbocycles. The van der Waals surface area contributed by atoms with Crippen LogP contribution >= 0.6 is 0 Å². The molecule has 0 bridgehead atoms. The maximum atomic E-state index is 11.9. The molecule has 1 aromatic heterocycles. The number of pyridine rings is 1. The summed E-state index contributed by atoms with van der Waals surface area (Å²) in [4.78, 5) is 29.2. The summed E-state index contributed by atoms with van der Waals surface area (Å²) in [6.45, 7) is 4.34. The van der Waals surface area contributed by atoms with E-state index in [0.717, 1.165) is 18.4 Å². The summed E-state index contributed by atoms with van der Waals surface area (Å²) >= 11 is 0. The van der Waals surface area contributed by atoms with Crippen LogP contribution in [0.15, 0.2) is 24.5 Å². The number of piperidine rings is 1. The molecule has 0 atom stereocenters. The number of hydrogen-bond donors (Lipinski definition) is 2. The molecule has 1 aromatic rings.